The van der Waals surface area contributed by atoms with Gasteiger partial charge in [0.05, 0.1) is 24.6 Å². The van der Waals surface area contributed by atoms with Gasteiger partial charge in [0, 0.05) is 6.42 Å². The van der Waals surface area contributed by atoms with Crippen LogP contribution in [-0.4, -0.2) is 47.6 Å². The van der Waals surface area contributed by atoms with Gasteiger partial charge in [-0.25, -0.2) is 14.3 Å². The van der Waals surface area contributed by atoms with Crippen molar-refractivity contribution in [1.29, 1.82) is 0 Å². The molecule has 9 nitrogen and oxygen atoms in total. The van der Waals surface area contributed by atoms with Crippen molar-refractivity contribution in [1.82, 2.24) is 19.1 Å². The van der Waals surface area contributed by atoms with Crippen LogP contribution in [0.4, 0.5) is 5.95 Å². The first-order valence-corrected chi connectivity index (χ1v) is 7.60. The molecule has 3 rings (SSSR count). The van der Waals surface area contributed by atoms with Crippen LogP contribution in [0.1, 0.15) is 26.0 Å². The molecule has 0 spiro atoms. The van der Waals surface area contributed by atoms with E-state index in [0.717, 1.165) is 0 Å². The number of anilines is 1. The maximum atomic E-state index is 12.7. The fourth-order valence-corrected chi connectivity index (χ4v) is 2.91. The van der Waals surface area contributed by atoms with Crippen LogP contribution in [0.15, 0.2) is 23.3 Å². The number of nitrogens with zero attached hydrogens (tertiary/aromatic N) is 4. The Kier molecular flexibility index (Phi) is 4.25. The number of hydrogen-bond acceptors (Lipinski definition) is 7. The maximum absolute atomic E-state index is 12.7. The molecule has 1 saturated heterocycles. The fraction of sp³-hybridized carbons (Fsp3) is 0.467. The quantitative estimate of drug-likeness (QED) is 0.664. The third-order valence-corrected chi connectivity index (χ3v) is 4.11. The van der Waals surface area contributed by atoms with E-state index in [1.165, 1.54) is 21.5 Å². The Morgan fingerprint density at radius 1 is 1.67 bits per heavy atom. The summed E-state index contributed by atoms with van der Waals surface area (Å²) in [5, 5.41) is 20.3. The van der Waals surface area contributed by atoms with Crippen molar-refractivity contribution in [3.63, 3.8) is 0 Å². The Bertz CT molecular complexity index is 867. The predicted octanol–water partition coefficient (Wildman–Crippen LogP) is -0.150. The van der Waals surface area contributed by atoms with Gasteiger partial charge >= 0.3 is 5.69 Å². The number of rotatable bonds is 4. The second kappa shape index (κ2) is 6.21. The van der Waals surface area contributed by atoms with Crippen LogP contribution >= 0.6 is 0 Å². The molecule has 128 valence electrons. The summed E-state index contributed by atoms with van der Waals surface area (Å²) >= 11 is 0. The minimum atomic E-state index is -0.972. The van der Waals surface area contributed by atoms with Gasteiger partial charge in [0.15, 0.2) is 11.9 Å². The molecule has 4 atom stereocenters. The van der Waals surface area contributed by atoms with E-state index in [1.807, 2.05) is 6.92 Å². The highest BCUT2D eigenvalue weighted by molar-refractivity contribution is 5.74. The molecule has 24 heavy (non-hydrogen) atoms. The molecule has 0 radical (unpaired) electrons. The third-order valence-electron chi connectivity index (χ3n) is 4.11. The normalized spacial score (nSPS) is 24.9. The molecule has 2 aromatic rings. The highest BCUT2D eigenvalue weighted by Gasteiger charge is 2.40. The lowest BCUT2D eigenvalue weighted by Crippen LogP contribution is -2.31. The summed E-state index contributed by atoms with van der Waals surface area (Å²) in [5.74, 6) is -0.00591. The molecule has 0 aromatic carbocycles. The van der Waals surface area contributed by atoms with Crippen molar-refractivity contribution in [2.45, 2.75) is 44.3 Å². The Morgan fingerprint density at radius 3 is 3.08 bits per heavy atom. The number of nitrogen functional groups attached to an aromatic ring is 1. The number of imidazole rings is 1. The van der Waals surface area contributed by atoms with Crippen LogP contribution in [0.5, 0.6) is 0 Å². The molecule has 1 fully saturated rings. The Balaban J connectivity index is 2.16. The first-order chi connectivity index (χ1) is 11.5. The molecule has 0 saturated carbocycles. The van der Waals surface area contributed by atoms with Gasteiger partial charge in [-0.1, -0.05) is 13.5 Å². The van der Waals surface area contributed by atoms with E-state index < -0.39 is 30.2 Å². The van der Waals surface area contributed by atoms with Crippen molar-refractivity contribution in [2.75, 3.05) is 5.73 Å². The molecule has 0 amide bonds. The van der Waals surface area contributed by atoms with Gasteiger partial charge in [-0.15, -0.1) is 5.73 Å². The van der Waals surface area contributed by atoms with E-state index in [1.54, 1.807) is 0 Å². The third kappa shape index (κ3) is 2.53. The zero-order valence-electron chi connectivity index (χ0n) is 13.2. The number of nitrogens with two attached hydrogens (primary N) is 1. The lowest BCUT2D eigenvalue weighted by Gasteiger charge is -2.18. The average Bonchev–Trinajstić information content (AvgIpc) is 3.05. The summed E-state index contributed by atoms with van der Waals surface area (Å²) < 4.78 is 8.20. The second-order valence-corrected chi connectivity index (χ2v) is 5.64. The predicted molar refractivity (Wildman–Crippen MR) is 86.9 cm³/mol. The molecule has 0 bridgehead atoms. The minimum Gasteiger partial charge on any atom is -0.390 e. The van der Waals surface area contributed by atoms with Crippen LogP contribution in [-0.2, 0) is 4.74 Å². The molecule has 4 N–H and O–H groups in total. The second-order valence-electron chi connectivity index (χ2n) is 5.64. The SMILES string of the molecule is C=C=Cn1c(=O)n([C@@H]2O[C@H](C(O)CC)C[C@H]2O)c2nc(N)ncc21. The standard InChI is InChI=1S/C15H19N5O4/c1-3-5-19-8-7-17-14(16)18-12(8)20(15(19)23)13-10(22)6-11(24-13)9(21)4-2/h5,7,9-11,13,21-22H,1,4,6H2,2H3,(H2,16,17,18)/t9?,10-,11+,13-/m1/s1. The zero-order chi connectivity index (χ0) is 17.4. The van der Waals surface area contributed by atoms with Crippen molar-refractivity contribution in [3.8, 4) is 0 Å². The number of aliphatic hydroxyl groups excluding tert-OH is 2. The molecule has 9 heteroatoms. The summed E-state index contributed by atoms with van der Waals surface area (Å²) in [6.07, 6.45) is 0.239. The van der Waals surface area contributed by atoms with Crippen LogP contribution in [0, 0.1) is 0 Å². The Hall–Kier alpha value is -2.45. The largest absolute Gasteiger partial charge is 0.390 e. The van der Waals surface area contributed by atoms with Gasteiger partial charge in [-0.3, -0.25) is 4.57 Å². The number of ether oxygens (including phenoxy) is 1. The highest BCUT2D eigenvalue weighted by Crippen LogP contribution is 2.32. The van der Waals surface area contributed by atoms with E-state index in [-0.39, 0.29) is 18.0 Å². The van der Waals surface area contributed by atoms with Gasteiger partial charge in [-0.05, 0) is 6.42 Å². The molecule has 1 unspecified atom stereocenters. The molecule has 0 aliphatic carbocycles. The van der Waals surface area contributed by atoms with Gasteiger partial charge in [0.2, 0.25) is 5.95 Å². The van der Waals surface area contributed by atoms with Crippen molar-refractivity contribution >= 4 is 23.3 Å². The average molecular weight is 333 g/mol. The smallest absolute Gasteiger partial charge is 0.337 e. The number of aliphatic hydroxyl groups is 2. The summed E-state index contributed by atoms with van der Waals surface area (Å²) in [7, 11) is 0. The van der Waals surface area contributed by atoms with Crippen LogP contribution in [0.2, 0.25) is 0 Å². The first kappa shape index (κ1) is 16.4. The van der Waals surface area contributed by atoms with Gasteiger partial charge in [-0.2, -0.15) is 4.98 Å². The fourth-order valence-electron chi connectivity index (χ4n) is 2.91. The lowest BCUT2D eigenvalue weighted by atomic mass is 10.1. The Labute approximate surface area is 137 Å². The monoisotopic (exact) mass is 333 g/mol. The van der Waals surface area contributed by atoms with E-state index in [4.69, 9.17) is 10.5 Å². The molecule has 2 aromatic heterocycles. The topological polar surface area (TPSA) is 128 Å². The molecule has 3 heterocycles. The van der Waals surface area contributed by atoms with E-state index in [2.05, 4.69) is 22.3 Å². The van der Waals surface area contributed by atoms with E-state index >= 15 is 0 Å². The number of hydrogen-bond donors (Lipinski definition) is 3. The number of fused-ring (bicyclic) bond motifs is 1. The summed E-state index contributed by atoms with van der Waals surface area (Å²) in [4.78, 5) is 20.7. The minimum absolute atomic E-state index is 0.00591. The van der Waals surface area contributed by atoms with E-state index in [0.29, 0.717) is 11.9 Å². The highest BCUT2D eigenvalue weighted by atomic mass is 16.5. The molecule has 1 aliphatic rings. The summed E-state index contributed by atoms with van der Waals surface area (Å²) in [6, 6.07) is 0. The van der Waals surface area contributed by atoms with Gasteiger partial charge in [0.25, 0.3) is 0 Å². The summed E-state index contributed by atoms with van der Waals surface area (Å²) in [6.45, 7) is 5.27. The van der Waals surface area contributed by atoms with Crippen molar-refractivity contribution < 1.29 is 14.9 Å². The lowest BCUT2D eigenvalue weighted by molar-refractivity contribution is -0.0758. The Morgan fingerprint density at radius 2 is 2.42 bits per heavy atom. The van der Waals surface area contributed by atoms with E-state index in [9.17, 15) is 15.0 Å². The van der Waals surface area contributed by atoms with Crippen molar-refractivity contribution in [2.24, 2.45) is 0 Å². The maximum Gasteiger partial charge on any atom is 0.337 e. The van der Waals surface area contributed by atoms with Gasteiger partial charge in [0.1, 0.15) is 11.6 Å². The zero-order valence-corrected chi connectivity index (χ0v) is 13.2. The molecule has 1 aliphatic heterocycles. The first-order valence-electron chi connectivity index (χ1n) is 7.60. The van der Waals surface area contributed by atoms with Crippen LogP contribution in [0.25, 0.3) is 17.4 Å². The number of aromatic nitrogens is 4. The summed E-state index contributed by atoms with van der Waals surface area (Å²) in [5.41, 5.74) is 8.29. The van der Waals surface area contributed by atoms with Crippen LogP contribution in [0.3, 0.4) is 0 Å². The van der Waals surface area contributed by atoms with Gasteiger partial charge < -0.3 is 20.7 Å². The van der Waals surface area contributed by atoms with Crippen molar-refractivity contribution in [3.05, 3.63) is 29.0 Å². The molecular formula is C15H19N5O4. The molecular weight excluding hydrogens is 314 g/mol. The van der Waals surface area contributed by atoms with Crippen LogP contribution < -0.4 is 11.4 Å².